The molecule has 0 bridgehead atoms. The van der Waals surface area contributed by atoms with Crippen LogP contribution in [0, 0.1) is 0 Å². The van der Waals surface area contributed by atoms with Crippen LogP contribution in [0.5, 0.6) is 23.0 Å². The number of benzene rings is 2. The number of carbonyl (C=O) groups is 1. The minimum atomic E-state index is -0.293. The maximum Gasteiger partial charge on any atom is 0.264 e. The van der Waals surface area contributed by atoms with Crippen LogP contribution < -0.4 is 14.8 Å². The quantitative estimate of drug-likeness (QED) is 0.683. The Kier molecular flexibility index (Phi) is 5.56. The number of amides is 1. The number of methoxy groups -OCH3 is 2. The molecule has 1 fully saturated rings. The van der Waals surface area contributed by atoms with E-state index in [9.17, 15) is 15.0 Å². The van der Waals surface area contributed by atoms with E-state index in [1.54, 1.807) is 26.4 Å². The third-order valence-electron chi connectivity index (χ3n) is 3.80. The summed E-state index contributed by atoms with van der Waals surface area (Å²) >= 11 is 1.18. The van der Waals surface area contributed by atoms with Gasteiger partial charge in [-0.3, -0.25) is 9.79 Å². The highest BCUT2D eigenvalue weighted by atomic mass is 32.2. The van der Waals surface area contributed by atoms with Gasteiger partial charge in [0.2, 0.25) is 0 Å². The van der Waals surface area contributed by atoms with Crippen LogP contribution in [0.1, 0.15) is 11.1 Å². The van der Waals surface area contributed by atoms with E-state index in [0.29, 0.717) is 33.7 Å². The molecule has 1 saturated heterocycles. The van der Waals surface area contributed by atoms with Crippen LogP contribution in [0.15, 0.2) is 46.3 Å². The monoisotopic (exact) mass is 386 g/mol. The van der Waals surface area contributed by atoms with E-state index in [1.807, 2.05) is 12.1 Å². The van der Waals surface area contributed by atoms with E-state index >= 15 is 0 Å². The van der Waals surface area contributed by atoms with Crippen molar-refractivity contribution in [1.82, 2.24) is 5.32 Å². The zero-order valence-corrected chi connectivity index (χ0v) is 15.5. The predicted octanol–water partition coefficient (Wildman–Crippen LogP) is 2.88. The van der Waals surface area contributed by atoms with E-state index in [2.05, 4.69) is 10.3 Å². The number of phenols is 2. The lowest BCUT2D eigenvalue weighted by atomic mass is 10.2. The van der Waals surface area contributed by atoms with Gasteiger partial charge in [-0.2, -0.15) is 0 Å². The van der Waals surface area contributed by atoms with Crippen molar-refractivity contribution in [3.8, 4) is 23.0 Å². The van der Waals surface area contributed by atoms with Crippen molar-refractivity contribution in [2.45, 2.75) is 6.54 Å². The van der Waals surface area contributed by atoms with Crippen molar-refractivity contribution < 1.29 is 24.5 Å². The van der Waals surface area contributed by atoms with Gasteiger partial charge >= 0.3 is 0 Å². The van der Waals surface area contributed by atoms with Crippen molar-refractivity contribution in [3.63, 3.8) is 0 Å². The first kappa shape index (κ1) is 18.7. The standard InChI is InChI=1S/C19H18N2O5S/c1-25-15-6-3-11(7-16(15)26-2)10-20-19-21-18(24)17(27-19)8-12-4-5-13(22)9-14(12)23/h3-9,22-23H,10H2,1-2H3,(H,20,21,24)/b17-8-. The molecule has 2 aromatic carbocycles. The first-order valence-corrected chi connectivity index (χ1v) is 8.80. The number of thioether (sulfide) groups is 1. The molecule has 1 heterocycles. The van der Waals surface area contributed by atoms with Crippen LogP contribution in [0.25, 0.3) is 6.08 Å². The van der Waals surface area contributed by atoms with Gasteiger partial charge in [0.05, 0.1) is 25.7 Å². The molecule has 27 heavy (non-hydrogen) atoms. The Morgan fingerprint density at radius 1 is 1.11 bits per heavy atom. The number of phenolic OH excluding ortho intramolecular Hbond substituents is 2. The fourth-order valence-electron chi connectivity index (χ4n) is 2.44. The SMILES string of the molecule is COc1ccc(CN=C2NC(=O)/C(=C/c3ccc(O)cc3O)S2)cc1OC. The second-order valence-electron chi connectivity index (χ2n) is 5.62. The summed E-state index contributed by atoms with van der Waals surface area (Å²) in [7, 11) is 3.14. The van der Waals surface area contributed by atoms with Crippen molar-refractivity contribution in [1.29, 1.82) is 0 Å². The molecule has 3 rings (SSSR count). The van der Waals surface area contributed by atoms with Crippen LogP contribution in [0.4, 0.5) is 0 Å². The summed E-state index contributed by atoms with van der Waals surface area (Å²) in [4.78, 5) is 16.9. The smallest absolute Gasteiger partial charge is 0.264 e. The van der Waals surface area contributed by atoms with Crippen molar-refractivity contribution >= 4 is 28.9 Å². The van der Waals surface area contributed by atoms with Crippen LogP contribution in [0.3, 0.4) is 0 Å². The molecule has 0 unspecified atom stereocenters. The number of carbonyl (C=O) groups excluding carboxylic acids is 1. The van der Waals surface area contributed by atoms with Crippen molar-refractivity contribution in [2.75, 3.05) is 14.2 Å². The Morgan fingerprint density at radius 2 is 1.89 bits per heavy atom. The Morgan fingerprint density at radius 3 is 2.59 bits per heavy atom. The summed E-state index contributed by atoms with van der Waals surface area (Å²) in [6, 6.07) is 9.69. The van der Waals surface area contributed by atoms with Crippen LogP contribution in [-0.2, 0) is 11.3 Å². The van der Waals surface area contributed by atoms with Gasteiger partial charge in [-0.05, 0) is 47.7 Å². The number of nitrogens with one attached hydrogen (secondary N) is 1. The summed E-state index contributed by atoms with van der Waals surface area (Å²) < 4.78 is 10.5. The van der Waals surface area contributed by atoms with Crippen molar-refractivity contribution in [3.05, 3.63) is 52.4 Å². The van der Waals surface area contributed by atoms with E-state index in [4.69, 9.17) is 9.47 Å². The third-order valence-corrected chi connectivity index (χ3v) is 4.75. The molecule has 0 radical (unpaired) electrons. The number of hydrogen-bond acceptors (Lipinski definition) is 7. The molecule has 3 N–H and O–H groups in total. The number of rotatable bonds is 5. The van der Waals surface area contributed by atoms with E-state index in [0.717, 1.165) is 5.56 Å². The van der Waals surface area contributed by atoms with Gasteiger partial charge in [0.15, 0.2) is 16.7 Å². The Hall–Kier alpha value is -3.13. The van der Waals surface area contributed by atoms with Gasteiger partial charge < -0.3 is 25.0 Å². The fourth-order valence-corrected chi connectivity index (χ4v) is 3.25. The molecule has 140 valence electrons. The second kappa shape index (κ2) is 8.05. The number of nitrogens with zero attached hydrogens (tertiary/aromatic N) is 1. The molecule has 2 aromatic rings. The van der Waals surface area contributed by atoms with Gasteiger partial charge in [0, 0.05) is 11.6 Å². The average Bonchev–Trinajstić information content (AvgIpc) is 3.01. The average molecular weight is 386 g/mol. The predicted molar refractivity (Wildman–Crippen MR) is 104 cm³/mol. The molecule has 1 amide bonds. The molecule has 1 aliphatic heterocycles. The fraction of sp³-hybridized carbons (Fsp3) is 0.158. The third kappa shape index (κ3) is 4.35. The molecule has 0 atom stereocenters. The number of amidine groups is 1. The first-order valence-electron chi connectivity index (χ1n) is 7.98. The Labute approximate surface area is 160 Å². The summed E-state index contributed by atoms with van der Waals surface area (Å²) in [5.74, 6) is 0.804. The molecule has 0 spiro atoms. The summed E-state index contributed by atoms with van der Waals surface area (Å²) in [5.41, 5.74) is 1.34. The van der Waals surface area contributed by atoms with Gasteiger partial charge in [0.1, 0.15) is 11.5 Å². The molecule has 0 saturated carbocycles. The van der Waals surface area contributed by atoms with Gasteiger partial charge in [-0.15, -0.1) is 0 Å². The lowest BCUT2D eigenvalue weighted by Gasteiger charge is -2.08. The molecule has 0 aromatic heterocycles. The van der Waals surface area contributed by atoms with E-state index in [-0.39, 0.29) is 17.4 Å². The van der Waals surface area contributed by atoms with Crippen LogP contribution >= 0.6 is 11.8 Å². The minimum Gasteiger partial charge on any atom is -0.508 e. The van der Waals surface area contributed by atoms with E-state index < -0.39 is 0 Å². The van der Waals surface area contributed by atoms with Gasteiger partial charge in [-0.25, -0.2) is 0 Å². The molecule has 0 aliphatic carbocycles. The molecule has 7 nitrogen and oxygen atoms in total. The van der Waals surface area contributed by atoms with Crippen LogP contribution in [-0.4, -0.2) is 35.5 Å². The highest BCUT2D eigenvalue weighted by Crippen LogP contribution is 2.31. The normalized spacial score (nSPS) is 16.6. The van der Waals surface area contributed by atoms with Crippen LogP contribution in [0.2, 0.25) is 0 Å². The molecular weight excluding hydrogens is 368 g/mol. The zero-order valence-electron chi connectivity index (χ0n) is 14.7. The lowest BCUT2D eigenvalue weighted by molar-refractivity contribution is -0.115. The number of hydrogen-bond donors (Lipinski definition) is 3. The molecule has 1 aliphatic rings. The first-order chi connectivity index (χ1) is 13.0. The number of aliphatic imine (C=N–C) groups is 1. The highest BCUT2D eigenvalue weighted by molar-refractivity contribution is 8.18. The minimum absolute atomic E-state index is 0.0460. The largest absolute Gasteiger partial charge is 0.508 e. The topological polar surface area (TPSA) is 100 Å². The second-order valence-corrected chi connectivity index (χ2v) is 6.65. The number of aromatic hydroxyl groups is 2. The van der Waals surface area contributed by atoms with Gasteiger partial charge in [-0.1, -0.05) is 6.07 Å². The van der Waals surface area contributed by atoms with Gasteiger partial charge in [0.25, 0.3) is 5.91 Å². The Balaban J connectivity index is 1.74. The Bertz CT molecular complexity index is 940. The van der Waals surface area contributed by atoms with Crippen molar-refractivity contribution in [2.24, 2.45) is 4.99 Å². The molecular formula is C19H18N2O5S. The number of ether oxygens (including phenoxy) is 2. The summed E-state index contributed by atoms with van der Waals surface area (Å²) in [6.45, 7) is 0.362. The molecule has 8 heteroatoms. The lowest BCUT2D eigenvalue weighted by Crippen LogP contribution is -2.19. The summed E-state index contributed by atoms with van der Waals surface area (Å²) in [5, 5.41) is 22.4. The zero-order chi connectivity index (χ0) is 19.4. The highest BCUT2D eigenvalue weighted by Gasteiger charge is 2.24. The summed E-state index contributed by atoms with van der Waals surface area (Å²) in [6.07, 6.45) is 1.55. The maximum atomic E-state index is 12.1. The van der Waals surface area contributed by atoms with E-state index in [1.165, 1.54) is 30.0 Å². The maximum absolute atomic E-state index is 12.1.